The Balaban J connectivity index is 0. The van der Waals surface area contributed by atoms with Crippen molar-refractivity contribution in [3.63, 3.8) is 0 Å². The van der Waals surface area contributed by atoms with Gasteiger partial charge in [-0.15, -0.1) is 11.4 Å². The Morgan fingerprint density at radius 2 is 1.75 bits per heavy atom. The van der Waals surface area contributed by atoms with E-state index in [1.165, 1.54) is 0 Å². The molecular formula is C2H8NO4S-. The Morgan fingerprint density at radius 3 is 1.75 bits per heavy atom. The van der Waals surface area contributed by atoms with E-state index in [1.807, 2.05) is 0 Å². The molecule has 0 aromatic rings. The van der Waals surface area contributed by atoms with Crippen LogP contribution < -0.4 is 5.73 Å². The smallest absolute Gasteiger partial charge is 0.0974 e. The van der Waals surface area contributed by atoms with Gasteiger partial charge in [0, 0.05) is 0 Å². The molecule has 0 saturated carbocycles. The van der Waals surface area contributed by atoms with Crippen molar-refractivity contribution in [2.24, 2.45) is 0 Å². The topological polar surface area (TPSA) is 111 Å². The minimum Gasteiger partial charge on any atom is -0.784 e. The fourth-order valence-electron chi connectivity index (χ4n) is 0. The van der Waals surface area contributed by atoms with Gasteiger partial charge >= 0.3 is 0 Å². The van der Waals surface area contributed by atoms with Gasteiger partial charge in [-0.2, -0.15) is 0 Å². The lowest BCUT2D eigenvalue weighted by molar-refractivity contribution is -0.372. The first-order valence-electron chi connectivity index (χ1n) is 1.82. The van der Waals surface area contributed by atoms with Crippen molar-refractivity contribution in [2.75, 3.05) is 13.2 Å². The molecule has 0 aliphatic carbocycles. The van der Waals surface area contributed by atoms with Crippen LogP contribution in [-0.4, -0.2) is 31.6 Å². The SMILES string of the molecule is O=S([O-])[O-].[NH3+]CCO. The Morgan fingerprint density at radius 1 is 1.62 bits per heavy atom. The third-order valence-corrected chi connectivity index (χ3v) is 0.158. The summed E-state index contributed by atoms with van der Waals surface area (Å²) < 4.78 is 25.3. The minimum atomic E-state index is -3.11. The number of aliphatic hydroxyl groups is 1. The van der Waals surface area contributed by atoms with E-state index in [0.29, 0.717) is 6.54 Å². The van der Waals surface area contributed by atoms with Crippen LogP contribution in [0.3, 0.4) is 0 Å². The average molecular weight is 142 g/mol. The maximum absolute atomic E-state index is 8.44. The van der Waals surface area contributed by atoms with Gasteiger partial charge in [-0.05, 0) is 0 Å². The fraction of sp³-hybridized carbons (Fsp3) is 1.00. The summed E-state index contributed by atoms with van der Waals surface area (Å²) in [5, 5.41) is 7.81. The molecule has 4 N–H and O–H groups in total. The van der Waals surface area contributed by atoms with E-state index >= 15 is 0 Å². The van der Waals surface area contributed by atoms with Gasteiger partial charge in [-0.3, -0.25) is 4.21 Å². The summed E-state index contributed by atoms with van der Waals surface area (Å²) in [5.41, 5.74) is 3.35. The van der Waals surface area contributed by atoms with Crippen LogP contribution in [0.1, 0.15) is 0 Å². The number of quaternary nitrogens is 1. The number of rotatable bonds is 1. The van der Waals surface area contributed by atoms with E-state index in [2.05, 4.69) is 5.73 Å². The second-order valence-corrected chi connectivity index (χ2v) is 1.19. The molecule has 0 aliphatic rings. The van der Waals surface area contributed by atoms with Gasteiger partial charge in [0.15, 0.2) is 0 Å². The monoisotopic (exact) mass is 142 g/mol. The second-order valence-electron chi connectivity index (χ2n) is 0.781. The highest BCUT2D eigenvalue weighted by Crippen LogP contribution is 1.42. The molecule has 0 rings (SSSR count). The minimum absolute atomic E-state index is 0.208. The van der Waals surface area contributed by atoms with Crippen LogP contribution in [0.4, 0.5) is 0 Å². The highest BCUT2D eigenvalue weighted by Gasteiger charge is 1.60. The predicted molar refractivity (Wildman–Crippen MR) is 24.5 cm³/mol. The summed E-state index contributed by atoms with van der Waals surface area (Å²) in [7, 11) is 0. The van der Waals surface area contributed by atoms with Crippen LogP contribution in [0.2, 0.25) is 0 Å². The molecule has 0 spiro atoms. The first-order chi connectivity index (χ1) is 3.65. The Kier molecular flexibility index (Phi) is 13.7. The summed E-state index contributed by atoms with van der Waals surface area (Å²) in [4.78, 5) is 0. The van der Waals surface area contributed by atoms with E-state index in [1.54, 1.807) is 0 Å². The van der Waals surface area contributed by atoms with Crippen molar-refractivity contribution < 1.29 is 24.2 Å². The Labute approximate surface area is 49.6 Å². The average Bonchev–Trinajstić information content (AvgIpc) is 1.65. The van der Waals surface area contributed by atoms with Gasteiger partial charge in [0.25, 0.3) is 0 Å². The van der Waals surface area contributed by atoms with Gasteiger partial charge < -0.3 is 19.9 Å². The van der Waals surface area contributed by atoms with E-state index in [4.69, 9.17) is 18.4 Å². The molecule has 0 atom stereocenters. The molecule has 0 fully saturated rings. The van der Waals surface area contributed by atoms with Crippen LogP contribution in [0.15, 0.2) is 0 Å². The molecule has 0 saturated heterocycles. The first kappa shape index (κ1) is 10.9. The molecule has 0 aromatic carbocycles. The fourth-order valence-corrected chi connectivity index (χ4v) is 0. The largest absolute Gasteiger partial charge is 0.784 e. The third kappa shape index (κ3) is 152. The molecule has 0 amide bonds. The zero-order valence-corrected chi connectivity index (χ0v) is 5.02. The zero-order chi connectivity index (χ0) is 6.99. The maximum atomic E-state index is 8.44. The van der Waals surface area contributed by atoms with Crippen molar-refractivity contribution in [3.8, 4) is 0 Å². The molecule has 6 heteroatoms. The summed E-state index contributed by atoms with van der Waals surface area (Å²) in [6.45, 7) is 0.833. The number of hydrogen-bond acceptors (Lipinski definition) is 4. The predicted octanol–water partition coefficient (Wildman–Crippen LogP) is -2.78. The summed E-state index contributed by atoms with van der Waals surface area (Å²) in [6, 6.07) is 0. The van der Waals surface area contributed by atoms with Gasteiger partial charge in [0.05, 0.1) is 13.2 Å². The normalized spacial score (nSPS) is 8.12. The molecule has 0 bridgehead atoms. The molecule has 0 unspecified atom stereocenters. The van der Waals surface area contributed by atoms with E-state index in [-0.39, 0.29) is 6.61 Å². The van der Waals surface area contributed by atoms with Gasteiger partial charge in [0.1, 0.15) is 0 Å². The maximum Gasteiger partial charge on any atom is 0.0974 e. The molecule has 0 radical (unpaired) electrons. The first-order valence-corrected chi connectivity index (χ1v) is 2.82. The summed E-state index contributed by atoms with van der Waals surface area (Å²) in [5.74, 6) is 0. The highest BCUT2D eigenvalue weighted by molar-refractivity contribution is 7.72. The molecule has 0 heterocycles. The summed E-state index contributed by atoms with van der Waals surface area (Å²) >= 11 is -3.11. The quantitative estimate of drug-likeness (QED) is 0.385. The van der Waals surface area contributed by atoms with Crippen molar-refractivity contribution in [1.29, 1.82) is 0 Å². The lowest BCUT2D eigenvalue weighted by Crippen LogP contribution is -2.51. The Bertz CT molecular complexity index is 52.0. The van der Waals surface area contributed by atoms with E-state index < -0.39 is 11.4 Å². The van der Waals surface area contributed by atoms with Crippen LogP contribution in [0.5, 0.6) is 0 Å². The Hall–Kier alpha value is -0.0100. The van der Waals surface area contributed by atoms with E-state index in [9.17, 15) is 0 Å². The molecule has 0 aromatic heterocycles. The van der Waals surface area contributed by atoms with Crippen LogP contribution >= 0.6 is 0 Å². The second kappa shape index (κ2) is 10.1. The summed E-state index contributed by atoms with van der Waals surface area (Å²) in [6.07, 6.45) is 0. The molecule has 8 heavy (non-hydrogen) atoms. The lowest BCUT2D eigenvalue weighted by atomic mass is 10.8. The molecule has 0 aliphatic heterocycles. The van der Waals surface area contributed by atoms with Crippen LogP contribution in [0, 0.1) is 0 Å². The highest BCUT2D eigenvalue weighted by atomic mass is 32.2. The zero-order valence-electron chi connectivity index (χ0n) is 4.20. The lowest BCUT2D eigenvalue weighted by Gasteiger charge is -2.03. The molecular weight excluding hydrogens is 134 g/mol. The number of hydrogen-bond donors (Lipinski definition) is 2. The van der Waals surface area contributed by atoms with Crippen molar-refractivity contribution in [3.05, 3.63) is 0 Å². The van der Waals surface area contributed by atoms with Gasteiger partial charge in [-0.25, -0.2) is 0 Å². The standard InChI is InChI=1S/C2H7NO.H2O3S/c3-1-2-4;1-4(2)3/h4H,1-3H2;(H2,1,2,3)/p-1. The van der Waals surface area contributed by atoms with E-state index in [0.717, 1.165) is 0 Å². The molecule has 5 nitrogen and oxygen atoms in total. The van der Waals surface area contributed by atoms with Crippen molar-refractivity contribution >= 4 is 11.4 Å². The molecule has 52 valence electrons. The van der Waals surface area contributed by atoms with Crippen LogP contribution in [0.25, 0.3) is 0 Å². The van der Waals surface area contributed by atoms with Gasteiger partial charge in [-0.1, -0.05) is 0 Å². The number of aliphatic hydroxyl groups excluding tert-OH is 1. The van der Waals surface area contributed by atoms with Crippen molar-refractivity contribution in [2.45, 2.75) is 0 Å². The van der Waals surface area contributed by atoms with Crippen molar-refractivity contribution in [1.82, 2.24) is 0 Å². The van der Waals surface area contributed by atoms with Gasteiger partial charge in [0.2, 0.25) is 0 Å². The van der Waals surface area contributed by atoms with Crippen LogP contribution in [-0.2, 0) is 11.4 Å². The third-order valence-electron chi connectivity index (χ3n) is 0.158.